The summed E-state index contributed by atoms with van der Waals surface area (Å²) in [6.07, 6.45) is 0. The van der Waals surface area contributed by atoms with E-state index in [2.05, 4.69) is 15.9 Å². The van der Waals surface area contributed by atoms with E-state index in [1.165, 1.54) is 6.07 Å². The van der Waals surface area contributed by atoms with Crippen molar-refractivity contribution in [2.45, 2.75) is 13.1 Å². The van der Waals surface area contributed by atoms with Gasteiger partial charge in [-0.1, -0.05) is 34.1 Å². The second kappa shape index (κ2) is 6.33. The van der Waals surface area contributed by atoms with Gasteiger partial charge in [-0.05, 0) is 23.8 Å². The molecule has 20 heavy (non-hydrogen) atoms. The van der Waals surface area contributed by atoms with Gasteiger partial charge in [0.2, 0.25) is 0 Å². The molecule has 5 heteroatoms. The Morgan fingerprint density at radius 3 is 2.55 bits per heavy atom. The molecule has 106 valence electrons. The molecule has 2 rings (SSSR count). The molecule has 2 nitrogen and oxygen atoms in total. The van der Waals surface area contributed by atoms with Gasteiger partial charge in [-0.25, -0.2) is 8.78 Å². The highest BCUT2D eigenvalue weighted by Crippen LogP contribution is 2.25. The summed E-state index contributed by atoms with van der Waals surface area (Å²) in [5, 5.41) is 0. The number of hydrogen-bond acceptors (Lipinski definition) is 2. The van der Waals surface area contributed by atoms with Crippen molar-refractivity contribution in [3.8, 4) is 0 Å². The number of nitrogens with zero attached hydrogens (tertiary/aromatic N) is 1. The van der Waals surface area contributed by atoms with E-state index in [1.54, 1.807) is 18.0 Å². The van der Waals surface area contributed by atoms with Gasteiger partial charge in [-0.3, -0.25) is 0 Å². The maximum atomic E-state index is 14.0. The molecule has 0 bridgehead atoms. The van der Waals surface area contributed by atoms with Gasteiger partial charge >= 0.3 is 0 Å². The Kier molecular flexibility index (Phi) is 4.73. The van der Waals surface area contributed by atoms with Gasteiger partial charge < -0.3 is 10.6 Å². The van der Waals surface area contributed by atoms with E-state index in [-0.39, 0.29) is 17.8 Å². The zero-order valence-electron chi connectivity index (χ0n) is 11.0. The van der Waals surface area contributed by atoms with Gasteiger partial charge in [0, 0.05) is 30.2 Å². The van der Waals surface area contributed by atoms with Crippen LogP contribution in [0.4, 0.5) is 14.5 Å². The van der Waals surface area contributed by atoms with Crippen molar-refractivity contribution < 1.29 is 8.78 Å². The number of anilines is 1. The minimum Gasteiger partial charge on any atom is -0.368 e. The van der Waals surface area contributed by atoms with Crippen LogP contribution >= 0.6 is 15.9 Å². The lowest BCUT2D eigenvalue weighted by Crippen LogP contribution is -2.19. The maximum Gasteiger partial charge on any atom is 0.182 e. The van der Waals surface area contributed by atoms with E-state index in [0.717, 1.165) is 10.0 Å². The van der Waals surface area contributed by atoms with Crippen LogP contribution in [0.2, 0.25) is 0 Å². The Bertz CT molecular complexity index is 617. The molecular weight excluding hydrogens is 326 g/mol. The third kappa shape index (κ3) is 3.16. The summed E-state index contributed by atoms with van der Waals surface area (Å²) >= 11 is 3.39. The molecule has 0 heterocycles. The summed E-state index contributed by atoms with van der Waals surface area (Å²) < 4.78 is 28.7. The summed E-state index contributed by atoms with van der Waals surface area (Å²) in [4.78, 5) is 1.67. The molecule has 0 fully saturated rings. The predicted molar refractivity (Wildman–Crippen MR) is 80.5 cm³/mol. The number of rotatable bonds is 4. The van der Waals surface area contributed by atoms with Crippen LogP contribution < -0.4 is 10.6 Å². The fourth-order valence-corrected chi connectivity index (χ4v) is 2.47. The Morgan fingerprint density at radius 1 is 1.15 bits per heavy atom. The molecule has 0 saturated heterocycles. The van der Waals surface area contributed by atoms with Crippen LogP contribution in [0, 0.1) is 11.6 Å². The molecule has 0 aliphatic rings. The fraction of sp³-hybridized carbons (Fsp3) is 0.200. The van der Waals surface area contributed by atoms with Gasteiger partial charge in [0.15, 0.2) is 11.6 Å². The van der Waals surface area contributed by atoms with Crippen molar-refractivity contribution in [1.82, 2.24) is 0 Å². The van der Waals surface area contributed by atoms with Crippen molar-refractivity contribution in [2.24, 2.45) is 5.73 Å². The summed E-state index contributed by atoms with van der Waals surface area (Å²) in [6, 6.07) is 10.8. The molecule has 0 amide bonds. The zero-order valence-corrected chi connectivity index (χ0v) is 12.6. The second-order valence-corrected chi connectivity index (χ2v) is 5.48. The topological polar surface area (TPSA) is 29.3 Å². The van der Waals surface area contributed by atoms with Crippen LogP contribution in [0.5, 0.6) is 0 Å². The highest BCUT2D eigenvalue weighted by Gasteiger charge is 2.15. The monoisotopic (exact) mass is 340 g/mol. The molecule has 0 unspecified atom stereocenters. The van der Waals surface area contributed by atoms with E-state index >= 15 is 0 Å². The first-order valence-corrected chi connectivity index (χ1v) is 6.94. The number of benzene rings is 2. The Morgan fingerprint density at radius 2 is 1.90 bits per heavy atom. The molecule has 2 aromatic carbocycles. The Hall–Kier alpha value is -1.46. The van der Waals surface area contributed by atoms with Gasteiger partial charge in [0.25, 0.3) is 0 Å². The largest absolute Gasteiger partial charge is 0.368 e. The van der Waals surface area contributed by atoms with Gasteiger partial charge in [0.05, 0.1) is 5.69 Å². The zero-order chi connectivity index (χ0) is 14.7. The molecule has 0 spiro atoms. The summed E-state index contributed by atoms with van der Waals surface area (Å²) in [5.74, 6) is -1.73. The lowest BCUT2D eigenvalue weighted by molar-refractivity contribution is 0.498. The minimum atomic E-state index is -0.869. The lowest BCUT2D eigenvalue weighted by atomic mass is 10.1. The van der Waals surface area contributed by atoms with Crippen LogP contribution in [0.1, 0.15) is 11.1 Å². The third-order valence-corrected chi connectivity index (χ3v) is 3.58. The first kappa shape index (κ1) is 14.9. The van der Waals surface area contributed by atoms with E-state index in [9.17, 15) is 8.78 Å². The van der Waals surface area contributed by atoms with E-state index in [1.807, 2.05) is 24.3 Å². The molecule has 0 aliphatic heterocycles. The van der Waals surface area contributed by atoms with E-state index in [4.69, 9.17) is 5.73 Å². The second-order valence-electron chi connectivity index (χ2n) is 4.56. The quantitative estimate of drug-likeness (QED) is 0.916. The van der Waals surface area contributed by atoms with Gasteiger partial charge in [-0.2, -0.15) is 0 Å². The fourth-order valence-electron chi connectivity index (χ4n) is 2.03. The molecule has 0 saturated carbocycles. The van der Waals surface area contributed by atoms with Crippen molar-refractivity contribution >= 4 is 21.6 Å². The first-order valence-electron chi connectivity index (χ1n) is 6.15. The molecule has 0 aromatic heterocycles. The Labute approximate surface area is 125 Å². The molecular formula is C15H15BrF2N2. The first-order chi connectivity index (χ1) is 9.52. The van der Waals surface area contributed by atoms with Crippen LogP contribution in [-0.4, -0.2) is 7.05 Å². The lowest BCUT2D eigenvalue weighted by Gasteiger charge is -2.21. The van der Waals surface area contributed by atoms with E-state index < -0.39 is 11.6 Å². The number of hydrogen-bond donors (Lipinski definition) is 1. The van der Waals surface area contributed by atoms with Gasteiger partial charge in [-0.15, -0.1) is 0 Å². The van der Waals surface area contributed by atoms with Crippen molar-refractivity contribution in [2.75, 3.05) is 11.9 Å². The van der Waals surface area contributed by atoms with Crippen LogP contribution in [0.15, 0.2) is 40.9 Å². The number of nitrogens with two attached hydrogens (primary N) is 1. The predicted octanol–water partition coefficient (Wildman–Crippen LogP) is 3.82. The SMILES string of the molecule is CN(Cc1cccc(Br)c1)c1ccc(CN)c(F)c1F. The van der Waals surface area contributed by atoms with Crippen LogP contribution in [-0.2, 0) is 13.1 Å². The minimum absolute atomic E-state index is 0.0155. The normalized spacial score (nSPS) is 10.7. The summed E-state index contributed by atoms with van der Waals surface area (Å²) in [5.41, 5.74) is 6.77. The highest BCUT2D eigenvalue weighted by molar-refractivity contribution is 9.10. The molecule has 2 aromatic rings. The summed E-state index contributed by atoms with van der Waals surface area (Å²) in [7, 11) is 1.72. The molecule has 0 aliphatic carbocycles. The van der Waals surface area contributed by atoms with Gasteiger partial charge in [0.1, 0.15) is 0 Å². The average Bonchev–Trinajstić information content (AvgIpc) is 2.41. The maximum absolute atomic E-state index is 14.0. The summed E-state index contributed by atoms with van der Waals surface area (Å²) in [6.45, 7) is 0.468. The van der Waals surface area contributed by atoms with Crippen molar-refractivity contribution in [3.05, 3.63) is 63.6 Å². The third-order valence-electron chi connectivity index (χ3n) is 3.08. The molecule has 2 N–H and O–H groups in total. The average molecular weight is 341 g/mol. The van der Waals surface area contributed by atoms with Crippen LogP contribution in [0.3, 0.4) is 0 Å². The van der Waals surface area contributed by atoms with Crippen molar-refractivity contribution in [1.29, 1.82) is 0 Å². The smallest absolute Gasteiger partial charge is 0.182 e. The highest BCUT2D eigenvalue weighted by atomic mass is 79.9. The molecule has 0 radical (unpaired) electrons. The van der Waals surface area contributed by atoms with Crippen molar-refractivity contribution in [3.63, 3.8) is 0 Å². The molecule has 0 atom stereocenters. The van der Waals surface area contributed by atoms with Crippen LogP contribution in [0.25, 0.3) is 0 Å². The standard InChI is InChI=1S/C15H15BrF2N2/c1-20(9-10-3-2-4-12(16)7-10)13-6-5-11(8-19)14(17)15(13)18/h2-7H,8-9,19H2,1H3. The Balaban J connectivity index is 2.25. The van der Waals surface area contributed by atoms with E-state index in [0.29, 0.717) is 6.54 Å². The number of halogens is 3.